The summed E-state index contributed by atoms with van der Waals surface area (Å²) >= 11 is 0. The van der Waals surface area contributed by atoms with Crippen LogP contribution in [0, 0.1) is 16.7 Å². The molecule has 0 heterocycles. The molecular formula is C28H43NO9. The number of ether oxygens (including phenoxy) is 4. The molecule has 0 aliphatic rings. The van der Waals surface area contributed by atoms with E-state index < -0.39 is 52.8 Å². The van der Waals surface area contributed by atoms with Crippen LogP contribution in [0.1, 0.15) is 86.6 Å². The van der Waals surface area contributed by atoms with Gasteiger partial charge in [-0.05, 0) is 78.5 Å². The number of carbonyl (C=O) groups excluding carboxylic acids is 3. The number of hydrogen-bond donors (Lipinski definition) is 2. The number of carboxylic acids is 1. The lowest BCUT2D eigenvalue weighted by atomic mass is 9.82. The van der Waals surface area contributed by atoms with Crippen molar-refractivity contribution in [1.29, 1.82) is 0 Å². The Bertz CT molecular complexity index is 991. The number of rotatable bonds is 11. The van der Waals surface area contributed by atoms with Crippen molar-refractivity contribution in [3.8, 4) is 11.5 Å². The second-order valence-electron chi connectivity index (χ2n) is 11.6. The fraction of sp³-hybridized carbons (Fsp3) is 0.643. The number of carbonyl (C=O) groups is 4. The lowest BCUT2D eigenvalue weighted by Gasteiger charge is -2.28. The molecule has 38 heavy (non-hydrogen) atoms. The zero-order valence-corrected chi connectivity index (χ0v) is 24.0. The Morgan fingerprint density at radius 2 is 1.45 bits per heavy atom. The highest BCUT2D eigenvalue weighted by molar-refractivity contribution is 5.81. The number of aliphatic carboxylic acids is 1. The average molecular weight is 538 g/mol. The van der Waals surface area contributed by atoms with Crippen molar-refractivity contribution in [3.63, 3.8) is 0 Å². The van der Waals surface area contributed by atoms with Crippen molar-refractivity contribution >= 4 is 24.1 Å². The predicted molar refractivity (Wildman–Crippen MR) is 141 cm³/mol. The maximum Gasteiger partial charge on any atom is 0.508 e. The summed E-state index contributed by atoms with van der Waals surface area (Å²) in [6, 6.07) is 3.03. The number of esters is 2. The van der Waals surface area contributed by atoms with Crippen molar-refractivity contribution in [3.05, 3.63) is 23.8 Å². The largest absolute Gasteiger partial charge is 0.508 e. The van der Waals surface area contributed by atoms with Gasteiger partial charge in [-0.2, -0.15) is 0 Å². The zero-order valence-electron chi connectivity index (χ0n) is 24.0. The van der Waals surface area contributed by atoms with Gasteiger partial charge >= 0.3 is 24.1 Å². The van der Waals surface area contributed by atoms with Gasteiger partial charge in [0.1, 0.15) is 12.1 Å². The van der Waals surface area contributed by atoms with E-state index in [4.69, 9.17) is 24.7 Å². The maximum absolute atomic E-state index is 12.7. The van der Waals surface area contributed by atoms with Gasteiger partial charge in [0.15, 0.2) is 11.5 Å². The lowest BCUT2D eigenvalue weighted by Crippen LogP contribution is -2.40. The Hall–Kier alpha value is -3.14. The Morgan fingerprint density at radius 1 is 0.921 bits per heavy atom. The first-order valence-corrected chi connectivity index (χ1v) is 12.8. The molecule has 214 valence electrons. The van der Waals surface area contributed by atoms with Crippen LogP contribution in [0.4, 0.5) is 4.79 Å². The zero-order chi connectivity index (χ0) is 29.4. The van der Waals surface area contributed by atoms with Gasteiger partial charge in [-0.15, -0.1) is 0 Å². The third-order valence-corrected chi connectivity index (χ3v) is 5.72. The van der Waals surface area contributed by atoms with Crippen molar-refractivity contribution in [1.82, 2.24) is 0 Å². The first-order valence-electron chi connectivity index (χ1n) is 12.8. The summed E-state index contributed by atoms with van der Waals surface area (Å²) in [7, 11) is 0. The molecule has 0 aliphatic carbocycles. The average Bonchev–Trinajstić information content (AvgIpc) is 2.78. The quantitative estimate of drug-likeness (QED) is 0.289. The SMILES string of the molecule is CCCC(C)OC(=O)OCC(C)C(c1ccc(OC(=O)C(C)(C)C)c(OC(=O)C(C)(C)C)c1)[C@H](N)C(=O)O. The molecule has 1 aromatic carbocycles. The van der Waals surface area contributed by atoms with Crippen LogP contribution in [0.15, 0.2) is 18.2 Å². The van der Waals surface area contributed by atoms with Gasteiger partial charge in [-0.1, -0.05) is 26.3 Å². The van der Waals surface area contributed by atoms with Gasteiger partial charge < -0.3 is 29.8 Å². The van der Waals surface area contributed by atoms with E-state index in [1.54, 1.807) is 61.5 Å². The molecule has 0 amide bonds. The number of nitrogens with two attached hydrogens (primary N) is 1. The summed E-state index contributed by atoms with van der Waals surface area (Å²) in [6.07, 6.45) is 0.344. The van der Waals surface area contributed by atoms with Crippen LogP contribution >= 0.6 is 0 Å². The number of carboxylic acid groups (broad SMARTS) is 1. The van der Waals surface area contributed by atoms with Crippen LogP contribution in [-0.2, 0) is 23.9 Å². The van der Waals surface area contributed by atoms with E-state index in [0.717, 1.165) is 6.42 Å². The fourth-order valence-electron chi connectivity index (χ4n) is 3.41. The van der Waals surface area contributed by atoms with Crippen LogP contribution < -0.4 is 15.2 Å². The van der Waals surface area contributed by atoms with Crippen molar-refractivity contribution in [2.45, 2.75) is 93.2 Å². The van der Waals surface area contributed by atoms with E-state index in [-0.39, 0.29) is 24.2 Å². The Labute approximate surface area is 225 Å². The second-order valence-corrected chi connectivity index (χ2v) is 11.6. The van der Waals surface area contributed by atoms with Crippen molar-refractivity contribution in [2.75, 3.05) is 6.61 Å². The van der Waals surface area contributed by atoms with Gasteiger partial charge in [0, 0.05) is 5.92 Å². The van der Waals surface area contributed by atoms with Crippen molar-refractivity contribution < 1.29 is 43.2 Å². The highest BCUT2D eigenvalue weighted by Gasteiger charge is 2.34. The molecule has 3 N–H and O–H groups in total. The van der Waals surface area contributed by atoms with Crippen molar-refractivity contribution in [2.24, 2.45) is 22.5 Å². The first kappa shape index (κ1) is 32.9. The third kappa shape index (κ3) is 9.96. The van der Waals surface area contributed by atoms with Crippen LogP contribution in [0.2, 0.25) is 0 Å². The van der Waals surface area contributed by atoms with Crippen LogP contribution in [-0.4, -0.2) is 47.9 Å². The van der Waals surface area contributed by atoms with E-state index in [2.05, 4.69) is 0 Å². The minimum Gasteiger partial charge on any atom is -0.480 e. The molecule has 0 radical (unpaired) electrons. The molecule has 1 aromatic rings. The second kappa shape index (κ2) is 13.6. The summed E-state index contributed by atoms with van der Waals surface area (Å²) < 4.78 is 21.5. The third-order valence-electron chi connectivity index (χ3n) is 5.72. The highest BCUT2D eigenvalue weighted by Crippen LogP contribution is 2.37. The topological polar surface area (TPSA) is 151 Å². The molecule has 0 aromatic heterocycles. The number of benzene rings is 1. The van der Waals surface area contributed by atoms with Gasteiger partial charge in [-0.3, -0.25) is 14.4 Å². The fourth-order valence-corrected chi connectivity index (χ4v) is 3.41. The van der Waals surface area contributed by atoms with Gasteiger partial charge in [-0.25, -0.2) is 4.79 Å². The monoisotopic (exact) mass is 537 g/mol. The lowest BCUT2D eigenvalue weighted by molar-refractivity contribution is -0.145. The summed E-state index contributed by atoms with van der Waals surface area (Å²) in [6.45, 7) is 15.3. The van der Waals surface area contributed by atoms with Crippen LogP contribution in [0.3, 0.4) is 0 Å². The smallest absolute Gasteiger partial charge is 0.480 e. The molecule has 0 saturated carbocycles. The molecule has 10 nitrogen and oxygen atoms in total. The molecule has 0 bridgehead atoms. The minimum atomic E-state index is -1.38. The van der Waals surface area contributed by atoms with E-state index in [1.165, 1.54) is 12.1 Å². The molecule has 0 aliphatic heterocycles. The Balaban J connectivity index is 3.38. The van der Waals surface area contributed by atoms with E-state index >= 15 is 0 Å². The first-order chi connectivity index (χ1) is 17.4. The Morgan fingerprint density at radius 3 is 1.92 bits per heavy atom. The molecule has 1 rings (SSSR count). The summed E-state index contributed by atoms with van der Waals surface area (Å²) in [5.41, 5.74) is 4.76. The standard InChI is InChI=1S/C28H43NO9/c1-10-11-17(3)36-26(34)35-15-16(2)21(22(29)23(30)31)18-12-13-19(37-24(32)27(4,5)6)20(14-18)38-25(33)28(7,8)9/h12-14,16-17,21-22H,10-11,15,29H2,1-9H3,(H,30,31)/t16?,17?,21?,22-/m0/s1. The molecular weight excluding hydrogens is 494 g/mol. The molecule has 4 atom stereocenters. The normalized spacial score (nSPS) is 15.0. The van der Waals surface area contributed by atoms with Gasteiger partial charge in [0.25, 0.3) is 0 Å². The van der Waals surface area contributed by atoms with Gasteiger partial charge in [0.05, 0.1) is 17.4 Å². The highest BCUT2D eigenvalue weighted by atomic mass is 16.7. The predicted octanol–water partition coefficient (Wildman–Crippen LogP) is 5.06. The molecule has 0 saturated heterocycles. The minimum absolute atomic E-state index is 0.00585. The maximum atomic E-state index is 12.7. The van der Waals surface area contributed by atoms with Crippen LogP contribution in [0.25, 0.3) is 0 Å². The molecule has 0 spiro atoms. The summed E-state index contributed by atoms with van der Waals surface area (Å²) in [5.74, 6) is -3.86. The molecule has 3 unspecified atom stereocenters. The molecule has 10 heteroatoms. The van der Waals surface area contributed by atoms with E-state index in [0.29, 0.717) is 12.0 Å². The summed E-state index contributed by atoms with van der Waals surface area (Å²) in [4.78, 5) is 49.2. The van der Waals surface area contributed by atoms with Gasteiger partial charge in [0.2, 0.25) is 0 Å². The Kier molecular flexibility index (Phi) is 11.8. The number of hydrogen-bond acceptors (Lipinski definition) is 9. The molecule has 0 fully saturated rings. The van der Waals surface area contributed by atoms with E-state index in [9.17, 15) is 24.3 Å². The van der Waals surface area contributed by atoms with E-state index in [1.807, 2.05) is 6.92 Å². The summed E-state index contributed by atoms with van der Waals surface area (Å²) in [5, 5.41) is 9.69. The van der Waals surface area contributed by atoms with Crippen LogP contribution in [0.5, 0.6) is 11.5 Å².